The monoisotopic (exact) mass is 225 g/mol. The molecule has 1 aliphatic rings. The third-order valence-corrected chi connectivity index (χ3v) is 3.74. The van der Waals surface area contributed by atoms with Crippen molar-refractivity contribution in [2.24, 2.45) is 11.8 Å². The van der Waals surface area contributed by atoms with Crippen LogP contribution in [-0.4, -0.2) is 13.1 Å². The zero-order chi connectivity index (χ0) is 11.6. The van der Waals surface area contributed by atoms with Crippen molar-refractivity contribution in [3.05, 3.63) is 0 Å². The summed E-state index contributed by atoms with van der Waals surface area (Å²) in [5.74, 6) is 1.87. The van der Waals surface area contributed by atoms with Gasteiger partial charge in [-0.1, -0.05) is 65.2 Å². The molecule has 16 heavy (non-hydrogen) atoms. The van der Waals surface area contributed by atoms with Crippen molar-refractivity contribution in [2.75, 3.05) is 13.1 Å². The third kappa shape index (κ3) is 7.27. The van der Waals surface area contributed by atoms with Gasteiger partial charge in [0.2, 0.25) is 0 Å². The minimum absolute atomic E-state index is 0.794. The topological polar surface area (TPSA) is 12.0 Å². The quantitative estimate of drug-likeness (QED) is 0.605. The molecule has 1 nitrogen and oxygen atoms in total. The zero-order valence-corrected chi connectivity index (χ0v) is 11.4. The van der Waals surface area contributed by atoms with Crippen molar-refractivity contribution in [3.63, 3.8) is 0 Å². The van der Waals surface area contributed by atoms with Crippen LogP contribution < -0.4 is 5.32 Å². The van der Waals surface area contributed by atoms with E-state index in [1.165, 1.54) is 70.9 Å². The predicted octanol–water partition coefficient (Wildman–Crippen LogP) is 4.37. The molecule has 0 aromatic rings. The fraction of sp³-hybridized carbons (Fsp3) is 1.00. The average Bonchev–Trinajstić information content (AvgIpc) is 2.29. The predicted molar refractivity (Wildman–Crippen MR) is 72.8 cm³/mol. The van der Waals surface area contributed by atoms with Crippen molar-refractivity contribution < 1.29 is 0 Å². The molecule has 1 aliphatic carbocycles. The van der Waals surface area contributed by atoms with E-state index in [2.05, 4.69) is 19.2 Å². The smallest absolute Gasteiger partial charge is 0.00258 e. The molecular formula is C15H31N. The molecule has 1 fully saturated rings. The van der Waals surface area contributed by atoms with Gasteiger partial charge in [-0.2, -0.15) is 0 Å². The summed E-state index contributed by atoms with van der Waals surface area (Å²) in [5.41, 5.74) is 0. The first-order valence-corrected chi connectivity index (χ1v) is 7.49. The van der Waals surface area contributed by atoms with Gasteiger partial charge in [0, 0.05) is 0 Å². The molecule has 1 rings (SSSR count). The highest BCUT2D eigenvalue weighted by Gasteiger charge is 2.12. The molecule has 0 aromatic heterocycles. The van der Waals surface area contributed by atoms with Crippen LogP contribution in [0, 0.1) is 11.8 Å². The number of hydrogen-bond acceptors (Lipinski definition) is 1. The van der Waals surface area contributed by atoms with Gasteiger partial charge in [0.05, 0.1) is 0 Å². The largest absolute Gasteiger partial charge is 0.316 e. The Labute approximate surface area is 102 Å². The maximum Gasteiger partial charge on any atom is -0.00258 e. The summed E-state index contributed by atoms with van der Waals surface area (Å²) in [6.45, 7) is 6.96. The molecule has 0 spiro atoms. The summed E-state index contributed by atoms with van der Waals surface area (Å²) in [4.78, 5) is 0. The average molecular weight is 225 g/mol. The lowest BCUT2D eigenvalue weighted by Gasteiger charge is -2.21. The Morgan fingerprint density at radius 3 is 2.44 bits per heavy atom. The van der Waals surface area contributed by atoms with Crippen molar-refractivity contribution in [2.45, 2.75) is 71.6 Å². The Bertz CT molecular complexity index is 148. The van der Waals surface area contributed by atoms with E-state index in [1.807, 2.05) is 0 Å². The summed E-state index contributed by atoms with van der Waals surface area (Å²) in [7, 11) is 0. The molecular weight excluding hydrogens is 194 g/mol. The Morgan fingerprint density at radius 1 is 1.00 bits per heavy atom. The first-order valence-electron chi connectivity index (χ1n) is 7.49. The maximum atomic E-state index is 3.52. The van der Waals surface area contributed by atoms with Crippen molar-refractivity contribution >= 4 is 0 Å². The molecule has 0 radical (unpaired) electrons. The van der Waals surface area contributed by atoms with Crippen LogP contribution in [0.2, 0.25) is 0 Å². The number of hydrogen-bond donors (Lipinski definition) is 1. The molecule has 1 N–H and O–H groups in total. The molecule has 96 valence electrons. The van der Waals surface area contributed by atoms with Crippen LogP contribution in [0.4, 0.5) is 0 Å². The second kappa shape index (κ2) is 9.04. The fourth-order valence-corrected chi connectivity index (χ4v) is 2.73. The SMILES string of the molecule is CC(C)CNCCCCCC1CCCCC1. The number of nitrogens with one attached hydrogen (secondary N) is 1. The van der Waals surface area contributed by atoms with E-state index in [1.54, 1.807) is 0 Å². The molecule has 0 bridgehead atoms. The molecule has 0 aromatic carbocycles. The Morgan fingerprint density at radius 2 is 1.75 bits per heavy atom. The van der Waals surface area contributed by atoms with Gasteiger partial charge in [-0.3, -0.25) is 0 Å². The third-order valence-electron chi connectivity index (χ3n) is 3.74. The molecule has 0 aliphatic heterocycles. The van der Waals surface area contributed by atoms with Gasteiger partial charge in [0.15, 0.2) is 0 Å². The number of rotatable bonds is 8. The molecule has 0 amide bonds. The maximum absolute atomic E-state index is 3.52. The lowest BCUT2D eigenvalue weighted by atomic mass is 9.85. The Balaban J connectivity index is 1.80. The van der Waals surface area contributed by atoms with Crippen LogP contribution in [0.3, 0.4) is 0 Å². The fourth-order valence-electron chi connectivity index (χ4n) is 2.73. The molecule has 1 heteroatoms. The van der Waals surface area contributed by atoms with Crippen LogP contribution in [-0.2, 0) is 0 Å². The summed E-state index contributed by atoms with van der Waals surface area (Å²) in [6, 6.07) is 0. The van der Waals surface area contributed by atoms with E-state index >= 15 is 0 Å². The lowest BCUT2D eigenvalue weighted by Crippen LogP contribution is -2.20. The van der Waals surface area contributed by atoms with Gasteiger partial charge in [0.1, 0.15) is 0 Å². The highest BCUT2D eigenvalue weighted by Crippen LogP contribution is 2.27. The van der Waals surface area contributed by atoms with E-state index in [-0.39, 0.29) is 0 Å². The van der Waals surface area contributed by atoms with Crippen molar-refractivity contribution in [1.82, 2.24) is 5.32 Å². The van der Waals surface area contributed by atoms with Crippen molar-refractivity contribution in [1.29, 1.82) is 0 Å². The first kappa shape index (κ1) is 14.0. The van der Waals surface area contributed by atoms with E-state index < -0.39 is 0 Å². The molecule has 0 atom stereocenters. The zero-order valence-electron chi connectivity index (χ0n) is 11.4. The Kier molecular flexibility index (Phi) is 7.92. The minimum atomic E-state index is 0.794. The molecule has 1 saturated carbocycles. The highest BCUT2D eigenvalue weighted by atomic mass is 14.8. The standard InChI is InChI=1S/C15H31N/c1-14(2)13-16-12-8-4-7-11-15-9-5-3-6-10-15/h14-16H,3-13H2,1-2H3. The van der Waals surface area contributed by atoms with Crippen LogP contribution in [0.1, 0.15) is 71.6 Å². The van der Waals surface area contributed by atoms with Gasteiger partial charge >= 0.3 is 0 Å². The summed E-state index contributed by atoms with van der Waals surface area (Å²) >= 11 is 0. The normalized spacial score (nSPS) is 18.2. The first-order chi connectivity index (χ1) is 7.79. The Hall–Kier alpha value is -0.0400. The lowest BCUT2D eigenvalue weighted by molar-refractivity contribution is 0.328. The second-order valence-electron chi connectivity index (χ2n) is 5.95. The van der Waals surface area contributed by atoms with Gasteiger partial charge in [-0.05, 0) is 31.3 Å². The van der Waals surface area contributed by atoms with E-state index in [4.69, 9.17) is 0 Å². The minimum Gasteiger partial charge on any atom is -0.316 e. The second-order valence-corrected chi connectivity index (χ2v) is 5.95. The van der Waals surface area contributed by atoms with Crippen LogP contribution in [0.25, 0.3) is 0 Å². The highest BCUT2D eigenvalue weighted by molar-refractivity contribution is 4.65. The number of unbranched alkanes of at least 4 members (excludes halogenated alkanes) is 2. The van der Waals surface area contributed by atoms with Gasteiger partial charge < -0.3 is 5.32 Å². The molecule has 0 saturated heterocycles. The summed E-state index contributed by atoms with van der Waals surface area (Å²) < 4.78 is 0. The van der Waals surface area contributed by atoms with Gasteiger partial charge in [0.25, 0.3) is 0 Å². The summed E-state index contributed by atoms with van der Waals surface area (Å²) in [5, 5.41) is 3.52. The van der Waals surface area contributed by atoms with Gasteiger partial charge in [-0.25, -0.2) is 0 Å². The van der Waals surface area contributed by atoms with E-state index in [0.29, 0.717) is 0 Å². The van der Waals surface area contributed by atoms with E-state index in [0.717, 1.165) is 11.8 Å². The van der Waals surface area contributed by atoms with Crippen LogP contribution in [0.15, 0.2) is 0 Å². The van der Waals surface area contributed by atoms with E-state index in [9.17, 15) is 0 Å². The van der Waals surface area contributed by atoms with Crippen LogP contribution >= 0.6 is 0 Å². The molecule has 0 unspecified atom stereocenters. The summed E-state index contributed by atoms with van der Waals surface area (Å²) in [6.07, 6.45) is 13.3. The van der Waals surface area contributed by atoms with Gasteiger partial charge in [-0.15, -0.1) is 0 Å². The van der Waals surface area contributed by atoms with Crippen molar-refractivity contribution in [3.8, 4) is 0 Å². The molecule has 0 heterocycles. The van der Waals surface area contributed by atoms with Crippen LogP contribution in [0.5, 0.6) is 0 Å².